The lowest BCUT2D eigenvalue weighted by atomic mass is 9.87. The first kappa shape index (κ1) is 12.9. The molecule has 3 N–H and O–H groups in total. The third-order valence-corrected chi connectivity index (χ3v) is 3.17. The molecule has 0 aliphatic carbocycles. The van der Waals surface area contributed by atoms with Crippen molar-refractivity contribution in [1.29, 1.82) is 0 Å². The summed E-state index contributed by atoms with van der Waals surface area (Å²) in [6.45, 7) is 8.13. The molecule has 0 aromatic carbocycles. The lowest BCUT2D eigenvalue weighted by Gasteiger charge is -2.38. The Kier molecular flexibility index (Phi) is 5.03. The Bertz CT molecular complexity index is 174. The van der Waals surface area contributed by atoms with E-state index in [1.54, 1.807) is 0 Å². The third kappa shape index (κ3) is 4.49. The monoisotopic (exact) mass is 213 g/mol. The molecule has 1 saturated heterocycles. The molecule has 1 fully saturated rings. The molecule has 0 amide bonds. The fourth-order valence-corrected chi connectivity index (χ4v) is 2.26. The molecule has 89 valence electrons. The summed E-state index contributed by atoms with van der Waals surface area (Å²) in [5.74, 6) is 1.45. The highest BCUT2D eigenvalue weighted by Gasteiger charge is 2.31. The van der Waals surface area contributed by atoms with Gasteiger partial charge in [-0.2, -0.15) is 0 Å². The van der Waals surface area contributed by atoms with Crippen molar-refractivity contribution >= 4 is 0 Å². The Morgan fingerprint density at radius 3 is 2.40 bits per heavy atom. The number of nitrogens with zero attached hydrogens (tertiary/aromatic N) is 1. The van der Waals surface area contributed by atoms with E-state index in [-0.39, 0.29) is 0 Å². The van der Waals surface area contributed by atoms with Crippen LogP contribution in [0.2, 0.25) is 0 Å². The van der Waals surface area contributed by atoms with Gasteiger partial charge in [0.25, 0.3) is 0 Å². The maximum Gasteiger partial charge on any atom is 0.0672 e. The smallest absolute Gasteiger partial charge is 0.0672 e. The van der Waals surface area contributed by atoms with Crippen LogP contribution in [0, 0.1) is 5.92 Å². The van der Waals surface area contributed by atoms with Gasteiger partial charge in [0.1, 0.15) is 0 Å². The summed E-state index contributed by atoms with van der Waals surface area (Å²) in [6.07, 6.45) is 3.61. The van der Waals surface area contributed by atoms with Gasteiger partial charge < -0.3 is 15.7 Å². The zero-order chi connectivity index (χ0) is 11.3. The van der Waals surface area contributed by atoms with Crippen LogP contribution in [0.3, 0.4) is 0 Å². The number of nitrogens with two attached hydrogens (primary N) is 1. The van der Waals surface area contributed by atoms with E-state index in [0.717, 1.165) is 45.3 Å². The highest BCUT2D eigenvalue weighted by Crippen LogP contribution is 2.27. The summed E-state index contributed by atoms with van der Waals surface area (Å²) in [5.41, 5.74) is 5.04. The molecule has 0 spiro atoms. The van der Waals surface area contributed by atoms with Gasteiger partial charge in [-0.25, -0.2) is 0 Å². The van der Waals surface area contributed by atoms with Gasteiger partial charge in [0.2, 0.25) is 0 Å². The van der Waals surface area contributed by atoms with Crippen molar-refractivity contribution in [2.45, 2.75) is 45.1 Å². The highest BCUT2D eigenvalue weighted by molar-refractivity contribution is 4.89. The van der Waals surface area contributed by atoms with Gasteiger partial charge in [-0.05, 0) is 38.1 Å². The van der Waals surface area contributed by atoms with E-state index in [9.17, 15) is 5.11 Å². The van der Waals surface area contributed by atoms with Crippen LogP contribution < -0.4 is 5.73 Å². The van der Waals surface area contributed by atoms with Crippen molar-refractivity contribution in [2.24, 2.45) is 5.73 Å². The van der Waals surface area contributed by atoms with Crippen LogP contribution >= 0.6 is 0 Å². The summed E-state index contributed by atoms with van der Waals surface area (Å²) < 4.78 is 0. The van der Waals surface area contributed by atoms with E-state index in [1.165, 1.54) is 5.92 Å². The normalized spacial score (nSPS) is 22.2. The van der Waals surface area contributed by atoms with Crippen molar-refractivity contribution in [1.82, 2.24) is 4.90 Å². The lowest BCUT2D eigenvalue weighted by molar-refractivity contribution is -0.0274. The largest absolute Gasteiger partial charge is 0.390 e. The van der Waals surface area contributed by atoms with Gasteiger partial charge >= 0.3 is 0 Å². The van der Waals surface area contributed by atoms with Gasteiger partial charge in [0, 0.05) is 19.6 Å². The Balaban J connectivity index is 2.27. The quantitative estimate of drug-likeness (QED) is 0.720. The highest BCUT2D eigenvalue weighted by atomic mass is 16.3. The Morgan fingerprint density at radius 2 is 1.93 bits per heavy atom. The third-order valence-electron chi connectivity index (χ3n) is 3.17. The van der Waals surface area contributed by atoms with Crippen LogP contribution in [-0.4, -0.2) is 41.8 Å². The zero-order valence-corrected chi connectivity index (χ0v) is 10.1. The van der Waals surface area contributed by atoms with Crippen molar-refractivity contribution < 1.29 is 5.11 Å². The minimum atomic E-state index is -0.433. The van der Waals surface area contributed by atoms with Crippen LogP contribution in [0.15, 0.2) is 0 Å². The van der Waals surface area contributed by atoms with Gasteiger partial charge in [-0.1, -0.05) is 13.8 Å². The predicted molar refractivity (Wildman–Crippen MR) is 63.5 cm³/mol. The summed E-state index contributed by atoms with van der Waals surface area (Å²) in [5, 5.41) is 10.3. The van der Waals surface area contributed by atoms with E-state index >= 15 is 0 Å². The van der Waals surface area contributed by atoms with Crippen molar-refractivity contribution in [3.05, 3.63) is 5.92 Å². The number of hydrogen-bond acceptors (Lipinski definition) is 3. The van der Waals surface area contributed by atoms with E-state index in [4.69, 9.17) is 5.73 Å². The predicted octanol–water partition coefficient (Wildman–Crippen LogP) is 1.17. The number of aliphatic hydroxyl groups is 1. The minimum absolute atomic E-state index is 0.433. The Hall–Kier alpha value is -0.120. The Labute approximate surface area is 93.6 Å². The minimum Gasteiger partial charge on any atom is -0.390 e. The number of hydrogen-bond donors (Lipinski definition) is 2. The first-order valence-corrected chi connectivity index (χ1v) is 5.99. The number of rotatable bonds is 5. The molecular formula is C12H25N2O. The summed E-state index contributed by atoms with van der Waals surface area (Å²) in [4.78, 5) is 2.42. The second kappa shape index (κ2) is 5.83. The molecule has 0 unspecified atom stereocenters. The lowest BCUT2D eigenvalue weighted by Crippen LogP contribution is -2.45. The van der Waals surface area contributed by atoms with Crippen LogP contribution in [0.4, 0.5) is 0 Å². The van der Waals surface area contributed by atoms with Gasteiger partial charge in [0.05, 0.1) is 5.60 Å². The molecule has 1 rings (SSSR count). The summed E-state index contributed by atoms with van der Waals surface area (Å²) in [6, 6.07) is 0. The maximum atomic E-state index is 10.3. The van der Waals surface area contributed by atoms with Gasteiger partial charge in [-0.3, -0.25) is 0 Å². The fourth-order valence-electron chi connectivity index (χ4n) is 2.26. The molecule has 1 radical (unpaired) electrons. The molecule has 0 atom stereocenters. The van der Waals surface area contributed by atoms with Gasteiger partial charge in [-0.15, -0.1) is 0 Å². The molecule has 3 nitrogen and oxygen atoms in total. The fraction of sp³-hybridized carbons (Fsp3) is 0.917. The topological polar surface area (TPSA) is 49.5 Å². The van der Waals surface area contributed by atoms with Crippen LogP contribution in [0.25, 0.3) is 0 Å². The SMILES string of the molecule is C[C](C)CN1CCC(O)(CCCN)CC1. The van der Waals surface area contributed by atoms with E-state index in [2.05, 4.69) is 18.7 Å². The average molecular weight is 213 g/mol. The molecule has 1 aliphatic heterocycles. The number of likely N-dealkylation sites (tertiary alicyclic amines) is 1. The van der Waals surface area contributed by atoms with Crippen LogP contribution in [0.1, 0.15) is 39.5 Å². The van der Waals surface area contributed by atoms with Crippen LogP contribution in [0.5, 0.6) is 0 Å². The molecule has 3 heteroatoms. The van der Waals surface area contributed by atoms with E-state index < -0.39 is 5.60 Å². The zero-order valence-electron chi connectivity index (χ0n) is 10.1. The first-order valence-electron chi connectivity index (χ1n) is 5.99. The van der Waals surface area contributed by atoms with E-state index in [0.29, 0.717) is 6.54 Å². The van der Waals surface area contributed by atoms with Gasteiger partial charge in [0.15, 0.2) is 0 Å². The summed E-state index contributed by atoms with van der Waals surface area (Å²) in [7, 11) is 0. The van der Waals surface area contributed by atoms with Crippen LogP contribution in [-0.2, 0) is 0 Å². The maximum absolute atomic E-state index is 10.3. The standard InChI is InChI=1S/C12H25N2O/c1-11(2)10-14-8-5-12(15,6-9-14)4-3-7-13/h15H,3-10,13H2,1-2H3. The molecule has 1 heterocycles. The Morgan fingerprint density at radius 1 is 1.33 bits per heavy atom. The average Bonchev–Trinajstić information content (AvgIpc) is 2.19. The molecule has 15 heavy (non-hydrogen) atoms. The second-order valence-electron chi connectivity index (χ2n) is 5.10. The molecule has 0 saturated carbocycles. The molecular weight excluding hydrogens is 188 g/mol. The summed E-state index contributed by atoms with van der Waals surface area (Å²) >= 11 is 0. The molecule has 0 aromatic rings. The van der Waals surface area contributed by atoms with E-state index in [1.807, 2.05) is 0 Å². The van der Waals surface area contributed by atoms with Crippen molar-refractivity contribution in [2.75, 3.05) is 26.2 Å². The second-order valence-corrected chi connectivity index (χ2v) is 5.10. The molecule has 1 aliphatic rings. The molecule has 0 aromatic heterocycles. The van der Waals surface area contributed by atoms with Crippen molar-refractivity contribution in [3.8, 4) is 0 Å². The first-order chi connectivity index (χ1) is 7.06. The number of piperidine rings is 1. The molecule has 0 bridgehead atoms. The van der Waals surface area contributed by atoms with Crippen molar-refractivity contribution in [3.63, 3.8) is 0 Å².